The highest BCUT2D eigenvalue weighted by Crippen LogP contribution is 2.24. The van der Waals surface area contributed by atoms with Crippen molar-refractivity contribution >= 4 is 27.3 Å². The summed E-state index contributed by atoms with van der Waals surface area (Å²) in [5.74, 6) is 0. The Kier molecular flexibility index (Phi) is 5.57. The van der Waals surface area contributed by atoms with Gasteiger partial charge in [0, 0.05) is 23.9 Å². The molecule has 0 aliphatic rings. The standard InChI is InChI=1S/C15H19BrN2OS/c1-15(2,11-19-14-18-13(16)9-20-14)10-17-8-12-6-4-3-5-7-12/h3-7,9,17H,8,10-11H2,1-2H3. The third-order valence-electron chi connectivity index (χ3n) is 2.82. The summed E-state index contributed by atoms with van der Waals surface area (Å²) in [6, 6.07) is 10.4. The summed E-state index contributed by atoms with van der Waals surface area (Å²) in [7, 11) is 0. The highest BCUT2D eigenvalue weighted by atomic mass is 79.9. The van der Waals surface area contributed by atoms with Crippen molar-refractivity contribution in [1.29, 1.82) is 0 Å². The maximum Gasteiger partial charge on any atom is 0.274 e. The van der Waals surface area contributed by atoms with Gasteiger partial charge >= 0.3 is 0 Å². The molecule has 1 aromatic carbocycles. The molecule has 0 aliphatic carbocycles. The maximum absolute atomic E-state index is 5.73. The van der Waals surface area contributed by atoms with Gasteiger partial charge in [-0.3, -0.25) is 0 Å². The van der Waals surface area contributed by atoms with Crippen LogP contribution in [0.2, 0.25) is 0 Å². The van der Waals surface area contributed by atoms with Crippen molar-refractivity contribution in [3.8, 4) is 5.19 Å². The first-order valence-electron chi connectivity index (χ1n) is 6.54. The SMILES string of the molecule is CC(C)(CNCc1ccccc1)COc1nc(Br)cs1. The third kappa shape index (κ3) is 5.23. The van der Waals surface area contributed by atoms with Gasteiger partial charge in [-0.15, -0.1) is 0 Å². The van der Waals surface area contributed by atoms with Crippen LogP contribution in [0.5, 0.6) is 5.19 Å². The second-order valence-corrected chi connectivity index (χ2v) is 7.11. The van der Waals surface area contributed by atoms with Crippen LogP contribution in [0.1, 0.15) is 19.4 Å². The number of rotatable bonds is 7. The van der Waals surface area contributed by atoms with Gasteiger partial charge in [0.2, 0.25) is 0 Å². The molecule has 0 bridgehead atoms. The van der Waals surface area contributed by atoms with Crippen molar-refractivity contribution in [3.63, 3.8) is 0 Å². The van der Waals surface area contributed by atoms with E-state index < -0.39 is 0 Å². The second-order valence-electron chi connectivity index (χ2n) is 5.48. The minimum absolute atomic E-state index is 0.0624. The predicted molar refractivity (Wildman–Crippen MR) is 87.2 cm³/mol. The Morgan fingerprint density at radius 1 is 1.30 bits per heavy atom. The lowest BCUT2D eigenvalue weighted by atomic mass is 9.95. The van der Waals surface area contributed by atoms with Crippen LogP contribution >= 0.6 is 27.3 Å². The number of thiazole rings is 1. The van der Waals surface area contributed by atoms with Gasteiger partial charge in [-0.25, -0.2) is 0 Å². The highest BCUT2D eigenvalue weighted by molar-refractivity contribution is 9.10. The molecular weight excluding hydrogens is 336 g/mol. The first-order chi connectivity index (χ1) is 9.55. The molecule has 0 atom stereocenters. The van der Waals surface area contributed by atoms with Gasteiger partial charge in [-0.2, -0.15) is 4.98 Å². The number of nitrogens with one attached hydrogen (secondary N) is 1. The van der Waals surface area contributed by atoms with E-state index in [9.17, 15) is 0 Å². The smallest absolute Gasteiger partial charge is 0.274 e. The largest absolute Gasteiger partial charge is 0.469 e. The van der Waals surface area contributed by atoms with Gasteiger partial charge in [0.15, 0.2) is 0 Å². The molecule has 2 aromatic rings. The summed E-state index contributed by atoms with van der Waals surface area (Å²) in [4.78, 5) is 4.23. The topological polar surface area (TPSA) is 34.1 Å². The van der Waals surface area contributed by atoms with E-state index in [0.29, 0.717) is 11.8 Å². The maximum atomic E-state index is 5.73. The number of hydrogen-bond donors (Lipinski definition) is 1. The molecule has 0 fully saturated rings. The molecule has 1 N–H and O–H groups in total. The molecule has 1 heterocycles. The molecule has 1 aromatic heterocycles. The number of hydrogen-bond acceptors (Lipinski definition) is 4. The van der Waals surface area contributed by atoms with Gasteiger partial charge < -0.3 is 10.1 Å². The lowest BCUT2D eigenvalue weighted by Gasteiger charge is -2.24. The molecule has 5 heteroatoms. The van der Waals surface area contributed by atoms with Crippen molar-refractivity contribution in [1.82, 2.24) is 10.3 Å². The van der Waals surface area contributed by atoms with E-state index >= 15 is 0 Å². The Labute approximate surface area is 132 Å². The second kappa shape index (κ2) is 7.20. The molecule has 3 nitrogen and oxygen atoms in total. The summed E-state index contributed by atoms with van der Waals surface area (Å²) in [6.45, 7) is 6.80. The fraction of sp³-hybridized carbons (Fsp3) is 0.400. The summed E-state index contributed by atoms with van der Waals surface area (Å²) < 4.78 is 6.56. The Morgan fingerprint density at radius 2 is 2.05 bits per heavy atom. The molecular formula is C15H19BrN2OS. The van der Waals surface area contributed by atoms with Crippen LogP contribution in [-0.4, -0.2) is 18.1 Å². The molecule has 0 saturated heterocycles. The van der Waals surface area contributed by atoms with Crippen molar-refractivity contribution in [3.05, 3.63) is 45.9 Å². The van der Waals surface area contributed by atoms with E-state index in [1.807, 2.05) is 11.4 Å². The van der Waals surface area contributed by atoms with Crippen LogP contribution in [0.3, 0.4) is 0 Å². The lowest BCUT2D eigenvalue weighted by Crippen LogP contribution is -2.34. The van der Waals surface area contributed by atoms with Crippen LogP contribution in [0.15, 0.2) is 40.3 Å². The molecule has 2 rings (SSSR count). The Balaban J connectivity index is 1.73. The van der Waals surface area contributed by atoms with Crippen LogP contribution in [0.25, 0.3) is 0 Å². The van der Waals surface area contributed by atoms with Crippen LogP contribution in [0, 0.1) is 5.41 Å². The first kappa shape index (κ1) is 15.5. The molecule has 0 saturated carbocycles. The van der Waals surface area contributed by atoms with E-state index in [1.165, 1.54) is 16.9 Å². The lowest BCUT2D eigenvalue weighted by molar-refractivity contribution is 0.175. The fourth-order valence-electron chi connectivity index (χ4n) is 1.75. The average molecular weight is 355 g/mol. The number of benzene rings is 1. The Bertz CT molecular complexity index is 528. The van der Waals surface area contributed by atoms with Gasteiger partial charge in [0.25, 0.3) is 5.19 Å². The molecule has 0 amide bonds. The number of nitrogens with zero attached hydrogens (tertiary/aromatic N) is 1. The Morgan fingerprint density at radius 3 is 2.70 bits per heavy atom. The fourth-order valence-corrected chi connectivity index (χ4v) is 2.84. The number of ether oxygens (including phenoxy) is 1. The average Bonchev–Trinajstić information content (AvgIpc) is 2.84. The molecule has 108 valence electrons. The van der Waals surface area contributed by atoms with E-state index in [1.54, 1.807) is 0 Å². The molecule has 20 heavy (non-hydrogen) atoms. The molecule has 0 unspecified atom stereocenters. The van der Waals surface area contributed by atoms with Crippen LogP contribution < -0.4 is 10.1 Å². The normalized spacial score (nSPS) is 11.6. The highest BCUT2D eigenvalue weighted by Gasteiger charge is 2.19. The molecule has 0 spiro atoms. The van der Waals surface area contributed by atoms with E-state index in [0.717, 1.165) is 17.7 Å². The summed E-state index contributed by atoms with van der Waals surface area (Å²) >= 11 is 4.84. The summed E-state index contributed by atoms with van der Waals surface area (Å²) in [5, 5.41) is 6.12. The number of halogens is 1. The van der Waals surface area contributed by atoms with E-state index in [2.05, 4.69) is 64.3 Å². The van der Waals surface area contributed by atoms with Gasteiger partial charge in [0.1, 0.15) is 4.60 Å². The van der Waals surface area contributed by atoms with Gasteiger partial charge in [-0.1, -0.05) is 55.5 Å². The van der Waals surface area contributed by atoms with Crippen molar-refractivity contribution in [2.24, 2.45) is 5.41 Å². The summed E-state index contributed by atoms with van der Waals surface area (Å²) in [5.41, 5.74) is 1.36. The summed E-state index contributed by atoms with van der Waals surface area (Å²) in [6.07, 6.45) is 0. The predicted octanol–water partition coefficient (Wildman–Crippen LogP) is 4.10. The van der Waals surface area contributed by atoms with Crippen molar-refractivity contribution in [2.75, 3.05) is 13.2 Å². The minimum atomic E-state index is 0.0624. The monoisotopic (exact) mass is 354 g/mol. The third-order valence-corrected chi connectivity index (χ3v) is 4.28. The zero-order valence-corrected chi connectivity index (χ0v) is 14.1. The van der Waals surface area contributed by atoms with Crippen molar-refractivity contribution < 1.29 is 4.74 Å². The molecule has 0 radical (unpaired) electrons. The van der Waals surface area contributed by atoms with E-state index in [4.69, 9.17) is 4.74 Å². The van der Waals surface area contributed by atoms with E-state index in [-0.39, 0.29) is 5.41 Å². The van der Waals surface area contributed by atoms with Crippen molar-refractivity contribution in [2.45, 2.75) is 20.4 Å². The molecule has 0 aliphatic heterocycles. The quantitative estimate of drug-likeness (QED) is 0.812. The van der Waals surface area contributed by atoms with Crippen LogP contribution in [0.4, 0.5) is 0 Å². The van der Waals surface area contributed by atoms with Gasteiger partial charge in [-0.05, 0) is 21.5 Å². The minimum Gasteiger partial charge on any atom is -0.469 e. The zero-order valence-electron chi connectivity index (χ0n) is 11.7. The number of aromatic nitrogens is 1. The Hall–Kier alpha value is -0.910. The first-order valence-corrected chi connectivity index (χ1v) is 8.21. The van der Waals surface area contributed by atoms with Crippen LogP contribution in [-0.2, 0) is 6.54 Å². The van der Waals surface area contributed by atoms with Gasteiger partial charge in [0.05, 0.1) is 6.61 Å². The zero-order chi connectivity index (χ0) is 14.4.